The summed E-state index contributed by atoms with van der Waals surface area (Å²) >= 11 is 0. The second kappa shape index (κ2) is 30.6. The monoisotopic (exact) mass is 1100 g/mol. The van der Waals surface area contributed by atoms with Gasteiger partial charge in [-0.25, -0.2) is 0 Å². The molecule has 0 amide bonds. The Labute approximate surface area is 485 Å². The van der Waals surface area contributed by atoms with Crippen molar-refractivity contribution in [2.75, 3.05) is 0 Å². The number of hydrogen-bond donors (Lipinski definition) is 0. The summed E-state index contributed by atoms with van der Waals surface area (Å²) in [5.74, 6) is 0.995. The molecule has 0 spiro atoms. The van der Waals surface area contributed by atoms with Gasteiger partial charge in [0.1, 0.15) is 11.5 Å². The van der Waals surface area contributed by atoms with Crippen LogP contribution in [0, 0.1) is 0 Å². The molecule has 82 heavy (non-hydrogen) atoms. The number of hydrogen-bond acceptors (Lipinski definition) is 8. The molecule has 10 heteroatoms. The highest BCUT2D eigenvalue weighted by molar-refractivity contribution is 6.14. The molecule has 430 valence electrons. The third kappa shape index (κ3) is 16.0. The standard InChI is InChI=1S/C72H84N2O8/c1-5-9-15-23-67(75)53-33-41-63-59(47-53)60-48-54(68(76)24-16-10-6-2)34-42-64(60)73(63)45-21-13-19-27-71(79)81-57-37-29-51(30-38-57)52-31-39-58(40-32-52)82-72(80)28-20-14-22-46-74-65-43-35-55(69(77)25-17-11-7-3)49-61(65)62-50-56(36-44-66(62)74)70(78)26-18-12-8-4/h29-44,47-50H,5-28,45-46H2,1-4H3. The fraction of sp³-hybridized carbons (Fsp3) is 0.417. The molecule has 2 aromatic heterocycles. The van der Waals surface area contributed by atoms with Gasteiger partial charge in [-0.05, 0) is 160 Å². The number of benzene rings is 6. The van der Waals surface area contributed by atoms with Crippen LogP contribution in [-0.4, -0.2) is 44.2 Å². The van der Waals surface area contributed by atoms with Crippen molar-refractivity contribution in [2.24, 2.45) is 0 Å². The average Bonchev–Trinajstić information content (AvgIpc) is 4.15. The van der Waals surface area contributed by atoms with Gasteiger partial charge in [0.15, 0.2) is 23.1 Å². The van der Waals surface area contributed by atoms with Gasteiger partial charge in [-0.15, -0.1) is 0 Å². The van der Waals surface area contributed by atoms with Gasteiger partial charge in [0, 0.05) is 117 Å². The fourth-order valence-electron chi connectivity index (χ4n) is 11.3. The van der Waals surface area contributed by atoms with Crippen molar-refractivity contribution in [1.82, 2.24) is 9.13 Å². The number of ketones is 4. The lowest BCUT2D eigenvalue weighted by Crippen LogP contribution is -2.08. The summed E-state index contributed by atoms with van der Waals surface area (Å²) in [5, 5.41) is 3.97. The van der Waals surface area contributed by atoms with Crippen molar-refractivity contribution in [1.29, 1.82) is 0 Å². The molecule has 2 heterocycles. The molecule has 8 rings (SSSR count). The Hall–Kier alpha value is -7.46. The van der Waals surface area contributed by atoms with Crippen LogP contribution in [0.25, 0.3) is 54.7 Å². The first kappa shape index (κ1) is 60.6. The van der Waals surface area contributed by atoms with E-state index in [0.717, 1.165) is 171 Å². The molecule has 0 aliphatic carbocycles. The van der Waals surface area contributed by atoms with E-state index >= 15 is 0 Å². The van der Waals surface area contributed by atoms with Crippen molar-refractivity contribution in [3.63, 3.8) is 0 Å². The number of aryl methyl sites for hydroxylation is 2. The Morgan fingerprint density at radius 2 is 0.573 bits per heavy atom. The van der Waals surface area contributed by atoms with E-state index in [1.54, 1.807) is 24.3 Å². The van der Waals surface area contributed by atoms with Crippen LogP contribution in [0.1, 0.15) is 223 Å². The Morgan fingerprint density at radius 1 is 0.305 bits per heavy atom. The third-order valence-corrected chi connectivity index (χ3v) is 16.1. The van der Waals surface area contributed by atoms with E-state index < -0.39 is 0 Å². The molecule has 0 radical (unpaired) electrons. The summed E-state index contributed by atoms with van der Waals surface area (Å²) in [7, 11) is 0. The minimum Gasteiger partial charge on any atom is -0.427 e. The molecule has 0 saturated carbocycles. The molecule has 0 unspecified atom stereocenters. The molecule has 0 saturated heterocycles. The van der Waals surface area contributed by atoms with Crippen molar-refractivity contribution < 1.29 is 38.2 Å². The Balaban J connectivity index is 0.787. The zero-order chi connectivity index (χ0) is 57.8. The molecular weight excluding hydrogens is 1020 g/mol. The quantitative estimate of drug-likeness (QED) is 0.0166. The first-order valence-electron chi connectivity index (χ1n) is 30.9. The van der Waals surface area contributed by atoms with Crippen molar-refractivity contribution in [3.8, 4) is 22.6 Å². The molecule has 8 aromatic rings. The van der Waals surface area contributed by atoms with E-state index in [2.05, 4.69) is 36.8 Å². The number of aromatic nitrogens is 2. The van der Waals surface area contributed by atoms with E-state index in [-0.39, 0.29) is 35.1 Å². The number of Topliss-reactive ketones (excluding diaryl/α,β-unsaturated/α-hetero) is 4. The van der Waals surface area contributed by atoms with Gasteiger partial charge in [0.05, 0.1) is 0 Å². The lowest BCUT2D eigenvalue weighted by Gasteiger charge is -2.09. The van der Waals surface area contributed by atoms with E-state index in [4.69, 9.17) is 9.47 Å². The van der Waals surface area contributed by atoms with E-state index in [1.807, 2.05) is 97.1 Å². The Bertz CT molecular complexity index is 3100. The number of carbonyl (C=O) groups is 6. The van der Waals surface area contributed by atoms with Crippen LogP contribution in [0.2, 0.25) is 0 Å². The minimum atomic E-state index is -0.283. The van der Waals surface area contributed by atoms with Crippen LogP contribution < -0.4 is 9.47 Å². The maximum absolute atomic E-state index is 13.2. The molecule has 10 nitrogen and oxygen atoms in total. The minimum absolute atomic E-state index is 0.152. The lowest BCUT2D eigenvalue weighted by atomic mass is 10.00. The molecule has 0 aliphatic rings. The number of fused-ring (bicyclic) bond motifs is 6. The van der Waals surface area contributed by atoms with Crippen LogP contribution in [0.5, 0.6) is 11.5 Å². The van der Waals surface area contributed by atoms with Gasteiger partial charge >= 0.3 is 11.9 Å². The van der Waals surface area contributed by atoms with Gasteiger partial charge in [0.25, 0.3) is 0 Å². The van der Waals surface area contributed by atoms with E-state index in [1.165, 1.54) is 0 Å². The van der Waals surface area contributed by atoms with Gasteiger partial charge in [0.2, 0.25) is 0 Å². The topological polar surface area (TPSA) is 131 Å². The molecule has 6 aromatic carbocycles. The molecule has 0 aliphatic heterocycles. The smallest absolute Gasteiger partial charge is 0.311 e. The number of ether oxygens (including phenoxy) is 2. The molecular formula is C72H84N2O8. The zero-order valence-corrected chi connectivity index (χ0v) is 49.1. The number of carbonyl (C=O) groups excluding carboxylic acids is 6. The van der Waals surface area contributed by atoms with Crippen LogP contribution >= 0.6 is 0 Å². The maximum Gasteiger partial charge on any atom is 0.311 e. The van der Waals surface area contributed by atoms with Crippen molar-refractivity contribution in [2.45, 2.75) is 195 Å². The Morgan fingerprint density at radius 3 is 0.841 bits per heavy atom. The number of esters is 2. The summed E-state index contributed by atoms with van der Waals surface area (Å²) in [5.41, 5.74) is 8.88. The highest BCUT2D eigenvalue weighted by atomic mass is 16.5. The van der Waals surface area contributed by atoms with Gasteiger partial charge in [-0.3, -0.25) is 28.8 Å². The number of rotatable bonds is 35. The lowest BCUT2D eigenvalue weighted by molar-refractivity contribution is -0.135. The molecule has 0 atom stereocenters. The third-order valence-electron chi connectivity index (χ3n) is 16.1. The summed E-state index contributed by atoms with van der Waals surface area (Å²) in [6.07, 6.45) is 19.3. The predicted molar refractivity (Wildman–Crippen MR) is 333 cm³/mol. The van der Waals surface area contributed by atoms with Gasteiger partial charge < -0.3 is 18.6 Å². The zero-order valence-electron chi connectivity index (χ0n) is 49.1. The van der Waals surface area contributed by atoms with Crippen molar-refractivity contribution >= 4 is 78.7 Å². The maximum atomic E-state index is 13.2. The highest BCUT2D eigenvalue weighted by Crippen LogP contribution is 2.35. The summed E-state index contributed by atoms with van der Waals surface area (Å²) in [6, 6.07) is 38.8. The van der Waals surface area contributed by atoms with Crippen LogP contribution in [-0.2, 0) is 22.7 Å². The Kier molecular flexibility index (Phi) is 22.6. The van der Waals surface area contributed by atoms with E-state index in [9.17, 15) is 28.8 Å². The van der Waals surface area contributed by atoms with Crippen molar-refractivity contribution in [3.05, 3.63) is 144 Å². The first-order valence-corrected chi connectivity index (χ1v) is 30.9. The second-order valence-corrected chi connectivity index (χ2v) is 22.4. The SMILES string of the molecule is CCCCCC(=O)c1ccc2c(c1)c1cc(C(=O)CCCCC)ccc1n2CCCCCC(=O)Oc1ccc(-c2ccc(OC(=O)CCCCCn3c4ccc(C(=O)CCCCC)cc4c4cc(C(=O)CCCCC)ccc43)cc2)cc1. The van der Waals surface area contributed by atoms with Crippen LogP contribution in [0.3, 0.4) is 0 Å². The second-order valence-electron chi connectivity index (χ2n) is 22.4. The van der Waals surface area contributed by atoms with Gasteiger partial charge in [-0.2, -0.15) is 0 Å². The highest BCUT2D eigenvalue weighted by Gasteiger charge is 2.19. The van der Waals surface area contributed by atoms with E-state index in [0.29, 0.717) is 85.1 Å². The number of unbranched alkanes of at least 4 members (excludes halogenated alkanes) is 12. The van der Waals surface area contributed by atoms with Gasteiger partial charge in [-0.1, -0.05) is 116 Å². The fourth-order valence-corrected chi connectivity index (χ4v) is 11.3. The summed E-state index contributed by atoms with van der Waals surface area (Å²) in [4.78, 5) is 78.7. The summed E-state index contributed by atoms with van der Waals surface area (Å²) < 4.78 is 16.0. The molecule has 0 fully saturated rings. The average molecular weight is 1110 g/mol. The molecule has 0 bridgehead atoms. The predicted octanol–water partition coefficient (Wildman–Crippen LogP) is 19.0. The summed E-state index contributed by atoms with van der Waals surface area (Å²) in [6.45, 7) is 10.0. The normalized spacial score (nSPS) is 11.5. The number of nitrogens with zero attached hydrogens (tertiary/aromatic N) is 2. The van der Waals surface area contributed by atoms with Crippen LogP contribution in [0.4, 0.5) is 0 Å². The first-order chi connectivity index (χ1) is 40.0. The molecule has 0 N–H and O–H groups in total. The van der Waals surface area contributed by atoms with Crippen LogP contribution in [0.15, 0.2) is 121 Å². The largest absolute Gasteiger partial charge is 0.427 e.